The summed E-state index contributed by atoms with van der Waals surface area (Å²) < 4.78 is 5.13. The van der Waals surface area contributed by atoms with Crippen LogP contribution in [0.4, 0.5) is 0 Å². The summed E-state index contributed by atoms with van der Waals surface area (Å²) in [6.45, 7) is 2.75. The number of hydrogen-bond acceptors (Lipinski definition) is 5. The molecule has 2 aliphatic rings. The molecule has 25 heavy (non-hydrogen) atoms. The summed E-state index contributed by atoms with van der Waals surface area (Å²) in [6.07, 6.45) is 2.03. The molecule has 2 heterocycles. The fourth-order valence-corrected chi connectivity index (χ4v) is 3.54. The highest BCUT2D eigenvalue weighted by Gasteiger charge is 2.24. The number of rotatable bonds is 6. The Bertz CT molecular complexity index is 689. The van der Waals surface area contributed by atoms with Gasteiger partial charge in [0.2, 0.25) is 5.91 Å². The van der Waals surface area contributed by atoms with Crippen LogP contribution < -0.4 is 0 Å². The third-order valence-corrected chi connectivity index (χ3v) is 5.55. The van der Waals surface area contributed by atoms with E-state index in [1.54, 1.807) is 21.9 Å². The van der Waals surface area contributed by atoms with Gasteiger partial charge in [0, 0.05) is 36.1 Å². The van der Waals surface area contributed by atoms with E-state index in [2.05, 4.69) is 0 Å². The molecule has 8 heteroatoms. The molecular formula is C17H19ClN2O4S. The lowest BCUT2D eigenvalue weighted by molar-refractivity contribution is -0.138. The highest BCUT2D eigenvalue weighted by Crippen LogP contribution is 2.27. The van der Waals surface area contributed by atoms with E-state index in [0.717, 1.165) is 25.9 Å². The quantitative estimate of drug-likeness (QED) is 0.556. The van der Waals surface area contributed by atoms with Crippen LogP contribution in [0, 0.1) is 0 Å². The molecule has 1 aromatic carbocycles. The van der Waals surface area contributed by atoms with Gasteiger partial charge in [-0.15, -0.1) is 11.8 Å². The summed E-state index contributed by atoms with van der Waals surface area (Å²) in [6, 6.07) is 4.87. The van der Waals surface area contributed by atoms with Crippen LogP contribution in [0.3, 0.4) is 0 Å². The lowest BCUT2D eigenvalue weighted by Gasteiger charge is -2.30. The second kappa shape index (κ2) is 8.10. The number of benzene rings is 1. The second-order valence-electron chi connectivity index (χ2n) is 5.97. The normalized spacial score (nSPS) is 16.0. The van der Waals surface area contributed by atoms with E-state index < -0.39 is 5.97 Å². The van der Waals surface area contributed by atoms with Crippen molar-refractivity contribution in [2.45, 2.75) is 17.7 Å². The minimum atomic E-state index is -0.602. The predicted molar refractivity (Wildman–Crippen MR) is 94.9 cm³/mol. The maximum absolute atomic E-state index is 12.3. The van der Waals surface area contributed by atoms with Crippen molar-refractivity contribution in [3.05, 3.63) is 28.8 Å². The van der Waals surface area contributed by atoms with Gasteiger partial charge in [-0.3, -0.25) is 9.59 Å². The Labute approximate surface area is 155 Å². The van der Waals surface area contributed by atoms with Gasteiger partial charge < -0.3 is 14.5 Å². The number of ether oxygens (including phenoxy) is 1. The fraction of sp³-hybridized carbons (Fsp3) is 0.471. The van der Waals surface area contributed by atoms with Gasteiger partial charge in [-0.2, -0.15) is 0 Å². The number of carbonyl (C=O) groups excluding carboxylic acids is 3. The molecule has 0 atom stereocenters. The average Bonchev–Trinajstić information content (AvgIpc) is 2.48. The van der Waals surface area contributed by atoms with Crippen LogP contribution >= 0.6 is 23.4 Å². The Kier molecular flexibility index (Phi) is 5.86. The molecule has 0 aromatic heterocycles. The molecule has 0 aliphatic carbocycles. The lowest BCUT2D eigenvalue weighted by Crippen LogP contribution is -2.44. The molecular weight excluding hydrogens is 364 g/mol. The van der Waals surface area contributed by atoms with E-state index in [0.29, 0.717) is 23.0 Å². The first-order valence-corrected chi connectivity index (χ1v) is 9.56. The molecule has 3 rings (SSSR count). The third kappa shape index (κ3) is 4.46. The maximum atomic E-state index is 12.3. The average molecular weight is 383 g/mol. The van der Waals surface area contributed by atoms with E-state index in [9.17, 15) is 14.4 Å². The Balaban J connectivity index is 1.60. The van der Waals surface area contributed by atoms with Crippen molar-refractivity contribution < 1.29 is 19.1 Å². The standard InChI is InChI=1S/C17H19ClN2O4S/c18-12-3-4-14(25-11-16(22)20-7-2-8-20)13(9-12)17(23)24-10-15(21)19-5-1-6-19/h3-4,9H,1-2,5-8,10-11H2. The molecule has 0 bridgehead atoms. The minimum Gasteiger partial charge on any atom is -0.452 e. The molecule has 0 saturated carbocycles. The lowest BCUT2D eigenvalue weighted by atomic mass is 10.2. The van der Waals surface area contributed by atoms with E-state index >= 15 is 0 Å². The molecule has 0 N–H and O–H groups in total. The van der Waals surface area contributed by atoms with Crippen molar-refractivity contribution in [2.24, 2.45) is 0 Å². The Hall–Kier alpha value is -1.73. The van der Waals surface area contributed by atoms with Crippen molar-refractivity contribution in [3.63, 3.8) is 0 Å². The molecule has 2 saturated heterocycles. The monoisotopic (exact) mass is 382 g/mol. The summed E-state index contributed by atoms with van der Waals surface area (Å²) in [5, 5.41) is 0.402. The Morgan fingerprint density at radius 2 is 1.68 bits per heavy atom. The number of amides is 2. The van der Waals surface area contributed by atoms with Gasteiger partial charge in [-0.25, -0.2) is 4.79 Å². The zero-order valence-corrected chi connectivity index (χ0v) is 15.3. The number of hydrogen-bond donors (Lipinski definition) is 0. The zero-order chi connectivity index (χ0) is 17.8. The Morgan fingerprint density at radius 1 is 1.04 bits per heavy atom. The van der Waals surface area contributed by atoms with Crippen molar-refractivity contribution >= 4 is 41.1 Å². The first-order valence-electron chi connectivity index (χ1n) is 8.19. The molecule has 2 aliphatic heterocycles. The molecule has 0 radical (unpaired) electrons. The fourth-order valence-electron chi connectivity index (χ4n) is 2.45. The van der Waals surface area contributed by atoms with E-state index in [1.807, 2.05) is 0 Å². The summed E-state index contributed by atoms with van der Waals surface area (Å²) in [4.78, 5) is 40.2. The molecule has 0 unspecified atom stereocenters. The van der Waals surface area contributed by atoms with Gasteiger partial charge in [0.05, 0.1) is 11.3 Å². The first-order chi connectivity index (χ1) is 12.0. The number of halogens is 1. The first kappa shape index (κ1) is 18.1. The second-order valence-corrected chi connectivity index (χ2v) is 7.43. The number of thioether (sulfide) groups is 1. The number of nitrogens with zero attached hydrogens (tertiary/aromatic N) is 2. The van der Waals surface area contributed by atoms with Crippen molar-refractivity contribution in [1.29, 1.82) is 0 Å². The van der Waals surface area contributed by atoms with Crippen LogP contribution in [0.5, 0.6) is 0 Å². The molecule has 2 amide bonds. The van der Waals surface area contributed by atoms with Crippen LogP contribution in [0.15, 0.2) is 23.1 Å². The number of likely N-dealkylation sites (tertiary alicyclic amines) is 2. The van der Waals surface area contributed by atoms with E-state index in [-0.39, 0.29) is 29.7 Å². The number of carbonyl (C=O) groups is 3. The van der Waals surface area contributed by atoms with Gasteiger partial charge in [-0.05, 0) is 31.0 Å². The van der Waals surface area contributed by atoms with Crippen LogP contribution in [-0.2, 0) is 14.3 Å². The highest BCUT2D eigenvalue weighted by molar-refractivity contribution is 8.00. The maximum Gasteiger partial charge on any atom is 0.339 e. The number of esters is 1. The summed E-state index contributed by atoms with van der Waals surface area (Å²) in [7, 11) is 0. The van der Waals surface area contributed by atoms with Crippen LogP contribution in [0.25, 0.3) is 0 Å². The zero-order valence-electron chi connectivity index (χ0n) is 13.7. The van der Waals surface area contributed by atoms with Crippen LogP contribution in [-0.4, -0.2) is 66.1 Å². The van der Waals surface area contributed by atoms with Gasteiger partial charge in [-0.1, -0.05) is 11.6 Å². The van der Waals surface area contributed by atoms with Gasteiger partial charge in [0.15, 0.2) is 6.61 Å². The summed E-state index contributed by atoms with van der Waals surface area (Å²) in [5.74, 6) is -0.480. The summed E-state index contributed by atoms with van der Waals surface area (Å²) >= 11 is 7.26. The smallest absolute Gasteiger partial charge is 0.339 e. The third-order valence-electron chi connectivity index (χ3n) is 4.26. The van der Waals surface area contributed by atoms with Gasteiger partial charge in [0.1, 0.15) is 0 Å². The highest BCUT2D eigenvalue weighted by atomic mass is 35.5. The largest absolute Gasteiger partial charge is 0.452 e. The molecule has 0 spiro atoms. The van der Waals surface area contributed by atoms with Crippen LogP contribution in [0.2, 0.25) is 5.02 Å². The van der Waals surface area contributed by atoms with E-state index in [1.165, 1.54) is 17.8 Å². The van der Waals surface area contributed by atoms with Crippen molar-refractivity contribution in [1.82, 2.24) is 9.80 Å². The molecule has 2 fully saturated rings. The topological polar surface area (TPSA) is 66.9 Å². The molecule has 134 valence electrons. The minimum absolute atomic E-state index is 0.0541. The molecule has 1 aromatic rings. The van der Waals surface area contributed by atoms with Crippen LogP contribution in [0.1, 0.15) is 23.2 Å². The van der Waals surface area contributed by atoms with Gasteiger partial charge in [0.25, 0.3) is 5.91 Å². The SMILES string of the molecule is O=C(OCC(=O)N1CCC1)c1cc(Cl)ccc1SCC(=O)N1CCC1. The predicted octanol–water partition coefficient (Wildman–Crippen LogP) is 2.05. The Morgan fingerprint density at radius 3 is 2.28 bits per heavy atom. The van der Waals surface area contributed by atoms with E-state index in [4.69, 9.17) is 16.3 Å². The summed E-state index contributed by atoms with van der Waals surface area (Å²) in [5.41, 5.74) is 0.283. The van der Waals surface area contributed by atoms with Crippen molar-refractivity contribution in [2.75, 3.05) is 38.5 Å². The van der Waals surface area contributed by atoms with Gasteiger partial charge >= 0.3 is 5.97 Å². The molecule has 6 nitrogen and oxygen atoms in total. The van der Waals surface area contributed by atoms with Crippen molar-refractivity contribution in [3.8, 4) is 0 Å².